The highest BCUT2D eigenvalue weighted by Gasteiger charge is 1.97. The Morgan fingerprint density at radius 3 is 2.21 bits per heavy atom. The minimum atomic E-state index is 0.316. The first kappa shape index (κ1) is 13.6. The molecule has 0 spiro atoms. The van der Waals surface area contributed by atoms with Crippen molar-refractivity contribution in [2.75, 3.05) is 26.4 Å². The molecule has 0 aromatic heterocycles. The van der Waals surface area contributed by atoms with E-state index in [0.717, 1.165) is 19.4 Å². The highest BCUT2D eigenvalue weighted by molar-refractivity contribution is 5.77. The quantitative estimate of drug-likeness (QED) is 0.509. The molecule has 0 aliphatic heterocycles. The molecule has 0 saturated carbocycles. The van der Waals surface area contributed by atoms with Crippen molar-refractivity contribution < 1.29 is 14.3 Å². The second kappa shape index (κ2) is 10.7. The first-order valence-corrected chi connectivity index (χ1v) is 5.48. The predicted molar refractivity (Wildman–Crippen MR) is 56.5 cm³/mol. The normalized spacial score (nSPS) is 10.4. The molecule has 0 aromatic rings. The number of carbonyl (C=O) groups excluding carboxylic acids is 1. The van der Waals surface area contributed by atoms with Gasteiger partial charge in [-0.1, -0.05) is 13.8 Å². The molecule has 0 aliphatic carbocycles. The summed E-state index contributed by atoms with van der Waals surface area (Å²) in [6.07, 6.45) is 3.16. The fourth-order valence-corrected chi connectivity index (χ4v) is 1.01. The molecule has 14 heavy (non-hydrogen) atoms. The van der Waals surface area contributed by atoms with Crippen LogP contribution >= 0.6 is 0 Å². The van der Waals surface area contributed by atoms with Crippen LogP contribution in [-0.2, 0) is 14.3 Å². The van der Waals surface area contributed by atoms with E-state index in [9.17, 15) is 4.79 Å². The molecule has 84 valence electrons. The van der Waals surface area contributed by atoms with E-state index in [1.165, 1.54) is 0 Å². The van der Waals surface area contributed by atoms with Crippen LogP contribution in [0.5, 0.6) is 0 Å². The molecular formula is C11H22O3. The molecule has 0 N–H and O–H groups in total. The van der Waals surface area contributed by atoms with Crippen molar-refractivity contribution in [1.82, 2.24) is 0 Å². The Morgan fingerprint density at radius 1 is 1.00 bits per heavy atom. The molecule has 0 radical (unpaired) electrons. The highest BCUT2D eigenvalue weighted by atomic mass is 16.5. The second-order valence-corrected chi connectivity index (χ2v) is 3.22. The van der Waals surface area contributed by atoms with Gasteiger partial charge in [-0.25, -0.2) is 0 Å². The molecule has 0 fully saturated rings. The van der Waals surface area contributed by atoms with E-state index in [1.807, 2.05) is 6.92 Å². The van der Waals surface area contributed by atoms with Crippen LogP contribution in [0.15, 0.2) is 0 Å². The zero-order chi connectivity index (χ0) is 10.6. The van der Waals surface area contributed by atoms with E-state index in [-0.39, 0.29) is 0 Å². The Balaban J connectivity index is 2.95. The summed E-state index contributed by atoms with van der Waals surface area (Å²) in [6.45, 7) is 6.74. The number of hydrogen-bond donors (Lipinski definition) is 0. The van der Waals surface area contributed by atoms with Crippen LogP contribution in [0.25, 0.3) is 0 Å². The van der Waals surface area contributed by atoms with Crippen LogP contribution in [0.2, 0.25) is 0 Å². The minimum Gasteiger partial charge on any atom is -0.379 e. The largest absolute Gasteiger partial charge is 0.379 e. The molecule has 0 unspecified atom stereocenters. The van der Waals surface area contributed by atoms with Crippen LogP contribution in [-0.4, -0.2) is 32.2 Å². The lowest BCUT2D eigenvalue weighted by Gasteiger charge is -2.04. The smallest absolute Gasteiger partial charge is 0.132 e. The molecule has 3 heteroatoms. The SMILES string of the molecule is CCCOCCOCCCC(=O)CC. The molecule has 0 atom stereocenters. The van der Waals surface area contributed by atoms with E-state index < -0.39 is 0 Å². The highest BCUT2D eigenvalue weighted by Crippen LogP contribution is 1.95. The summed E-state index contributed by atoms with van der Waals surface area (Å²) in [5.41, 5.74) is 0. The van der Waals surface area contributed by atoms with E-state index in [1.54, 1.807) is 0 Å². The van der Waals surface area contributed by atoms with Crippen molar-refractivity contribution in [3.63, 3.8) is 0 Å². The fourth-order valence-electron chi connectivity index (χ4n) is 1.01. The Kier molecular flexibility index (Phi) is 10.4. The third kappa shape index (κ3) is 9.68. The van der Waals surface area contributed by atoms with Gasteiger partial charge in [0.25, 0.3) is 0 Å². The lowest BCUT2D eigenvalue weighted by Crippen LogP contribution is -2.06. The summed E-state index contributed by atoms with van der Waals surface area (Å²) >= 11 is 0. The van der Waals surface area contributed by atoms with Crippen molar-refractivity contribution in [3.8, 4) is 0 Å². The number of Topliss-reactive ketones (excluding diaryl/α,β-unsaturated/α-hetero) is 1. The van der Waals surface area contributed by atoms with E-state index in [2.05, 4.69) is 6.92 Å². The van der Waals surface area contributed by atoms with Gasteiger partial charge in [-0.2, -0.15) is 0 Å². The minimum absolute atomic E-state index is 0.316. The molecule has 0 heterocycles. The number of ketones is 1. The van der Waals surface area contributed by atoms with Crippen molar-refractivity contribution in [2.24, 2.45) is 0 Å². The average Bonchev–Trinajstić information content (AvgIpc) is 2.21. The molecule has 0 bridgehead atoms. The summed E-state index contributed by atoms with van der Waals surface area (Å²) < 4.78 is 10.5. The van der Waals surface area contributed by atoms with E-state index in [4.69, 9.17) is 9.47 Å². The maximum absolute atomic E-state index is 10.9. The first-order chi connectivity index (χ1) is 6.81. The summed E-state index contributed by atoms with van der Waals surface area (Å²) in [7, 11) is 0. The molecule has 0 aromatic carbocycles. The van der Waals surface area contributed by atoms with Crippen LogP contribution in [0, 0.1) is 0 Å². The average molecular weight is 202 g/mol. The first-order valence-electron chi connectivity index (χ1n) is 5.48. The molecule has 3 nitrogen and oxygen atoms in total. The number of rotatable bonds is 10. The lowest BCUT2D eigenvalue weighted by atomic mass is 10.2. The fraction of sp³-hybridized carbons (Fsp3) is 0.909. The summed E-state index contributed by atoms with van der Waals surface area (Å²) in [4.78, 5) is 10.9. The van der Waals surface area contributed by atoms with Gasteiger partial charge in [0.15, 0.2) is 0 Å². The van der Waals surface area contributed by atoms with Crippen LogP contribution in [0.3, 0.4) is 0 Å². The molecule has 0 amide bonds. The van der Waals surface area contributed by atoms with Crippen molar-refractivity contribution in [2.45, 2.75) is 39.5 Å². The van der Waals surface area contributed by atoms with Crippen molar-refractivity contribution in [3.05, 3.63) is 0 Å². The number of carbonyl (C=O) groups is 1. The van der Waals surface area contributed by atoms with Crippen LogP contribution in [0.1, 0.15) is 39.5 Å². The van der Waals surface area contributed by atoms with Crippen molar-refractivity contribution in [1.29, 1.82) is 0 Å². The monoisotopic (exact) mass is 202 g/mol. The maximum atomic E-state index is 10.9. The van der Waals surface area contributed by atoms with Crippen LogP contribution in [0.4, 0.5) is 0 Å². The van der Waals surface area contributed by atoms with E-state index in [0.29, 0.717) is 38.4 Å². The molecule has 0 saturated heterocycles. The molecule has 0 rings (SSSR count). The second-order valence-electron chi connectivity index (χ2n) is 3.22. The van der Waals surface area contributed by atoms with Gasteiger partial charge in [0.1, 0.15) is 5.78 Å². The number of hydrogen-bond acceptors (Lipinski definition) is 3. The molecule has 0 aliphatic rings. The number of ether oxygens (including phenoxy) is 2. The Labute approximate surface area is 86.8 Å². The van der Waals surface area contributed by atoms with Gasteiger partial charge < -0.3 is 9.47 Å². The van der Waals surface area contributed by atoms with Gasteiger partial charge >= 0.3 is 0 Å². The van der Waals surface area contributed by atoms with Gasteiger partial charge in [0.2, 0.25) is 0 Å². The maximum Gasteiger partial charge on any atom is 0.132 e. The van der Waals surface area contributed by atoms with Gasteiger partial charge in [0, 0.05) is 26.1 Å². The van der Waals surface area contributed by atoms with Crippen molar-refractivity contribution >= 4 is 5.78 Å². The summed E-state index contributed by atoms with van der Waals surface area (Å²) in [5.74, 6) is 0.316. The van der Waals surface area contributed by atoms with Gasteiger partial charge in [0.05, 0.1) is 13.2 Å². The Morgan fingerprint density at radius 2 is 1.64 bits per heavy atom. The molecular weight excluding hydrogens is 180 g/mol. The Hall–Kier alpha value is -0.410. The Bertz CT molecular complexity index is 134. The topological polar surface area (TPSA) is 35.5 Å². The summed E-state index contributed by atoms with van der Waals surface area (Å²) in [5, 5.41) is 0. The van der Waals surface area contributed by atoms with Gasteiger partial charge in [-0.15, -0.1) is 0 Å². The standard InChI is InChI=1S/C11H22O3/c1-3-7-13-9-10-14-8-5-6-11(12)4-2/h3-10H2,1-2H3. The summed E-state index contributed by atoms with van der Waals surface area (Å²) in [6, 6.07) is 0. The van der Waals surface area contributed by atoms with Gasteiger partial charge in [-0.3, -0.25) is 4.79 Å². The van der Waals surface area contributed by atoms with Gasteiger partial charge in [-0.05, 0) is 12.8 Å². The van der Waals surface area contributed by atoms with E-state index >= 15 is 0 Å². The third-order valence-electron chi connectivity index (χ3n) is 1.86. The zero-order valence-electron chi connectivity index (χ0n) is 9.38. The predicted octanol–water partition coefficient (Wildman–Crippen LogP) is 2.19. The third-order valence-corrected chi connectivity index (χ3v) is 1.86. The zero-order valence-corrected chi connectivity index (χ0v) is 9.38. The van der Waals surface area contributed by atoms with Crippen LogP contribution < -0.4 is 0 Å². The lowest BCUT2D eigenvalue weighted by molar-refractivity contribution is -0.119.